The van der Waals surface area contributed by atoms with Crippen LogP contribution >= 0.6 is 0 Å². The summed E-state index contributed by atoms with van der Waals surface area (Å²) in [5.41, 5.74) is 2.13. The fourth-order valence-corrected chi connectivity index (χ4v) is 3.79. The van der Waals surface area contributed by atoms with Gasteiger partial charge in [-0.05, 0) is 18.9 Å². The molecule has 0 unspecified atom stereocenters. The highest BCUT2D eigenvalue weighted by molar-refractivity contribution is 7.88. The van der Waals surface area contributed by atoms with E-state index < -0.39 is 10.0 Å². The van der Waals surface area contributed by atoms with Crippen molar-refractivity contribution in [2.75, 3.05) is 24.7 Å². The van der Waals surface area contributed by atoms with Crippen LogP contribution in [0.2, 0.25) is 0 Å². The Balaban J connectivity index is 1.84. The quantitative estimate of drug-likeness (QED) is 0.929. The SMILES string of the molecule is CS(=O)(=O)N1CCC(Nc2c(C#N)cnc3ccccc23)CC1. The molecule has 0 bridgehead atoms. The fourth-order valence-electron chi connectivity index (χ4n) is 2.92. The first-order chi connectivity index (χ1) is 11.0. The number of hydrogen-bond acceptors (Lipinski definition) is 5. The number of sulfonamides is 1. The highest BCUT2D eigenvalue weighted by Gasteiger charge is 2.25. The van der Waals surface area contributed by atoms with E-state index in [9.17, 15) is 13.7 Å². The third-order valence-electron chi connectivity index (χ3n) is 4.17. The Morgan fingerprint density at radius 2 is 2.00 bits per heavy atom. The summed E-state index contributed by atoms with van der Waals surface area (Å²) in [6.45, 7) is 1.00. The number of nitrogens with zero attached hydrogens (tertiary/aromatic N) is 3. The van der Waals surface area contributed by atoms with Crippen molar-refractivity contribution in [1.82, 2.24) is 9.29 Å². The van der Waals surface area contributed by atoms with Crippen LogP contribution in [0.15, 0.2) is 30.5 Å². The number of piperidine rings is 1. The summed E-state index contributed by atoms with van der Waals surface area (Å²) in [4.78, 5) is 4.30. The van der Waals surface area contributed by atoms with Crippen molar-refractivity contribution in [3.8, 4) is 6.07 Å². The predicted molar refractivity (Wildman–Crippen MR) is 89.5 cm³/mol. The molecule has 1 fully saturated rings. The van der Waals surface area contributed by atoms with Crippen molar-refractivity contribution in [3.63, 3.8) is 0 Å². The lowest BCUT2D eigenvalue weighted by Crippen LogP contribution is -2.41. The van der Waals surface area contributed by atoms with Gasteiger partial charge in [0.2, 0.25) is 10.0 Å². The van der Waals surface area contributed by atoms with E-state index in [1.54, 1.807) is 6.20 Å². The van der Waals surface area contributed by atoms with E-state index in [1.165, 1.54) is 10.6 Å². The number of benzene rings is 1. The molecule has 1 aliphatic rings. The molecule has 2 aromatic rings. The lowest BCUT2D eigenvalue weighted by molar-refractivity contribution is 0.332. The fraction of sp³-hybridized carbons (Fsp3) is 0.375. The van der Waals surface area contributed by atoms with Gasteiger partial charge in [0.15, 0.2) is 0 Å². The molecular weight excluding hydrogens is 312 g/mol. The van der Waals surface area contributed by atoms with Crippen LogP contribution in [0.3, 0.4) is 0 Å². The number of para-hydroxylation sites is 1. The van der Waals surface area contributed by atoms with E-state index in [-0.39, 0.29) is 6.04 Å². The first-order valence-corrected chi connectivity index (χ1v) is 9.33. The maximum Gasteiger partial charge on any atom is 0.211 e. The number of aromatic nitrogens is 1. The number of rotatable bonds is 3. The topological polar surface area (TPSA) is 86.1 Å². The normalized spacial score (nSPS) is 17.0. The second-order valence-corrected chi connectivity index (χ2v) is 7.74. The molecule has 0 saturated carbocycles. The number of hydrogen-bond donors (Lipinski definition) is 1. The summed E-state index contributed by atoms with van der Waals surface area (Å²) in [7, 11) is -3.13. The summed E-state index contributed by atoms with van der Waals surface area (Å²) < 4.78 is 24.7. The summed E-state index contributed by atoms with van der Waals surface area (Å²) in [6.07, 6.45) is 4.25. The molecule has 1 aromatic heterocycles. The minimum atomic E-state index is -3.13. The molecule has 1 aromatic carbocycles. The lowest BCUT2D eigenvalue weighted by Gasteiger charge is -2.31. The number of pyridine rings is 1. The van der Waals surface area contributed by atoms with Gasteiger partial charge in [0.1, 0.15) is 6.07 Å². The minimum Gasteiger partial charge on any atom is -0.381 e. The Morgan fingerprint density at radius 3 is 2.65 bits per heavy atom. The molecule has 3 rings (SSSR count). The number of nitrogens with one attached hydrogen (secondary N) is 1. The molecule has 2 heterocycles. The van der Waals surface area contributed by atoms with Crippen LogP contribution in [0.25, 0.3) is 10.9 Å². The van der Waals surface area contributed by atoms with E-state index in [0.29, 0.717) is 31.5 Å². The molecule has 0 atom stereocenters. The molecule has 1 saturated heterocycles. The van der Waals surface area contributed by atoms with Gasteiger partial charge in [0, 0.05) is 30.7 Å². The average molecular weight is 330 g/mol. The van der Waals surface area contributed by atoms with Crippen molar-refractivity contribution in [3.05, 3.63) is 36.0 Å². The number of nitriles is 1. The minimum absolute atomic E-state index is 0.144. The third kappa shape index (κ3) is 3.28. The Hall–Kier alpha value is -2.17. The van der Waals surface area contributed by atoms with Crippen molar-refractivity contribution >= 4 is 26.6 Å². The first kappa shape index (κ1) is 15.7. The van der Waals surface area contributed by atoms with Gasteiger partial charge >= 0.3 is 0 Å². The van der Waals surface area contributed by atoms with E-state index in [0.717, 1.165) is 16.6 Å². The number of anilines is 1. The van der Waals surface area contributed by atoms with Crippen LogP contribution in [-0.4, -0.2) is 43.1 Å². The van der Waals surface area contributed by atoms with Gasteiger partial charge in [-0.15, -0.1) is 0 Å². The zero-order valence-corrected chi connectivity index (χ0v) is 13.7. The Kier molecular flexibility index (Phi) is 4.20. The smallest absolute Gasteiger partial charge is 0.211 e. The summed E-state index contributed by atoms with van der Waals surface area (Å²) >= 11 is 0. The molecule has 0 aliphatic carbocycles. The van der Waals surface area contributed by atoms with Crippen molar-refractivity contribution in [2.24, 2.45) is 0 Å². The summed E-state index contributed by atoms with van der Waals surface area (Å²) in [6, 6.07) is 10.0. The van der Waals surface area contributed by atoms with Crippen LogP contribution in [0, 0.1) is 11.3 Å². The van der Waals surface area contributed by atoms with Crippen LogP contribution in [-0.2, 0) is 10.0 Å². The summed E-state index contributed by atoms with van der Waals surface area (Å²) in [5.74, 6) is 0. The maximum absolute atomic E-state index is 11.6. The van der Waals surface area contributed by atoms with E-state index in [4.69, 9.17) is 0 Å². The van der Waals surface area contributed by atoms with Crippen LogP contribution in [0.5, 0.6) is 0 Å². The molecule has 120 valence electrons. The molecule has 6 nitrogen and oxygen atoms in total. The molecule has 1 N–H and O–H groups in total. The van der Waals surface area contributed by atoms with Gasteiger partial charge in [-0.25, -0.2) is 12.7 Å². The molecule has 7 heteroatoms. The van der Waals surface area contributed by atoms with Crippen molar-refractivity contribution in [2.45, 2.75) is 18.9 Å². The average Bonchev–Trinajstić information content (AvgIpc) is 2.55. The lowest BCUT2D eigenvalue weighted by atomic mass is 10.0. The van der Waals surface area contributed by atoms with E-state index >= 15 is 0 Å². The Labute approximate surface area is 135 Å². The van der Waals surface area contributed by atoms with Crippen LogP contribution in [0.4, 0.5) is 5.69 Å². The van der Waals surface area contributed by atoms with Gasteiger partial charge in [-0.3, -0.25) is 4.98 Å². The Morgan fingerprint density at radius 1 is 1.30 bits per heavy atom. The predicted octanol–water partition coefficient (Wildman–Crippen LogP) is 1.94. The monoisotopic (exact) mass is 330 g/mol. The van der Waals surface area contributed by atoms with Crippen molar-refractivity contribution in [1.29, 1.82) is 5.26 Å². The van der Waals surface area contributed by atoms with Gasteiger partial charge in [0.25, 0.3) is 0 Å². The molecule has 0 spiro atoms. The second-order valence-electron chi connectivity index (χ2n) is 5.76. The number of fused-ring (bicyclic) bond motifs is 1. The van der Waals surface area contributed by atoms with Gasteiger partial charge in [-0.1, -0.05) is 18.2 Å². The largest absolute Gasteiger partial charge is 0.381 e. The summed E-state index contributed by atoms with van der Waals surface area (Å²) in [5, 5.41) is 13.7. The van der Waals surface area contributed by atoms with E-state index in [2.05, 4.69) is 16.4 Å². The second kappa shape index (κ2) is 6.14. The molecule has 1 aliphatic heterocycles. The van der Waals surface area contributed by atoms with Crippen LogP contribution < -0.4 is 5.32 Å². The highest BCUT2D eigenvalue weighted by Crippen LogP contribution is 2.28. The molecule has 0 radical (unpaired) electrons. The molecule has 23 heavy (non-hydrogen) atoms. The van der Waals surface area contributed by atoms with Crippen molar-refractivity contribution < 1.29 is 8.42 Å². The van der Waals surface area contributed by atoms with Gasteiger partial charge < -0.3 is 5.32 Å². The van der Waals surface area contributed by atoms with Gasteiger partial charge in [-0.2, -0.15) is 5.26 Å². The molecular formula is C16H18N4O2S. The maximum atomic E-state index is 11.6. The third-order valence-corrected chi connectivity index (χ3v) is 5.47. The zero-order chi connectivity index (χ0) is 16.4. The standard InChI is InChI=1S/C16H18N4O2S/c1-23(21,22)20-8-6-13(7-9-20)19-16-12(10-17)11-18-15-5-3-2-4-14(15)16/h2-5,11,13H,6-9H2,1H3,(H,18,19). The van der Waals surface area contributed by atoms with E-state index in [1.807, 2.05) is 24.3 Å². The molecule has 0 amide bonds. The van der Waals surface area contributed by atoms with Crippen LogP contribution in [0.1, 0.15) is 18.4 Å². The zero-order valence-electron chi connectivity index (χ0n) is 12.9. The Bertz CT molecular complexity index is 865. The van der Waals surface area contributed by atoms with Gasteiger partial charge in [0.05, 0.1) is 23.0 Å². The first-order valence-electron chi connectivity index (χ1n) is 7.48. The highest BCUT2D eigenvalue weighted by atomic mass is 32.2.